The topological polar surface area (TPSA) is 89.2 Å². The van der Waals surface area contributed by atoms with Gasteiger partial charge in [-0.3, -0.25) is 15.7 Å². The van der Waals surface area contributed by atoms with Gasteiger partial charge in [0.1, 0.15) is 6.07 Å². The molecule has 0 saturated carbocycles. The molecule has 0 fully saturated rings. The van der Waals surface area contributed by atoms with Crippen LogP contribution in [0.25, 0.3) is 0 Å². The first-order valence-electron chi connectivity index (χ1n) is 6.54. The SMILES string of the molecule is Cc1ccnc(C)c1C#N.OCCc1ccc(NO)cc1. The maximum absolute atomic E-state index is 8.61. The summed E-state index contributed by atoms with van der Waals surface area (Å²) in [5.74, 6) is 0. The van der Waals surface area contributed by atoms with E-state index in [2.05, 4.69) is 11.1 Å². The summed E-state index contributed by atoms with van der Waals surface area (Å²) in [4.78, 5) is 3.99. The Hall–Kier alpha value is -2.42. The highest BCUT2D eigenvalue weighted by atomic mass is 16.5. The lowest BCUT2D eigenvalue weighted by molar-refractivity contribution is 0.299. The summed E-state index contributed by atoms with van der Waals surface area (Å²) in [6, 6.07) is 11.2. The van der Waals surface area contributed by atoms with E-state index in [1.807, 2.05) is 37.5 Å². The van der Waals surface area contributed by atoms with Crippen molar-refractivity contribution in [1.82, 2.24) is 4.98 Å². The standard InChI is InChI=1S/C8H8N2.C8H11NO2/c1-6-3-4-10-7(2)8(6)5-9;10-6-5-7-1-3-8(9-11)4-2-7/h3-4H,1-2H3;1-4,9-11H,5-6H2. The monoisotopic (exact) mass is 285 g/mol. The molecule has 0 aliphatic carbocycles. The number of aromatic nitrogens is 1. The zero-order chi connectivity index (χ0) is 15.7. The number of nitrogens with zero attached hydrogens (tertiary/aromatic N) is 2. The summed E-state index contributed by atoms with van der Waals surface area (Å²) >= 11 is 0. The number of pyridine rings is 1. The third-order valence-electron chi connectivity index (χ3n) is 2.94. The molecule has 0 spiro atoms. The first-order chi connectivity index (χ1) is 10.1. The number of hydrogen-bond acceptors (Lipinski definition) is 5. The van der Waals surface area contributed by atoms with Crippen LogP contribution in [-0.2, 0) is 6.42 Å². The third-order valence-corrected chi connectivity index (χ3v) is 2.94. The predicted octanol–water partition coefficient (Wildman–Crippen LogP) is 2.59. The van der Waals surface area contributed by atoms with Crippen LogP contribution < -0.4 is 5.48 Å². The van der Waals surface area contributed by atoms with Gasteiger partial charge in [-0.2, -0.15) is 5.26 Å². The van der Waals surface area contributed by atoms with E-state index in [4.69, 9.17) is 15.6 Å². The van der Waals surface area contributed by atoms with E-state index in [1.54, 1.807) is 18.3 Å². The minimum absolute atomic E-state index is 0.159. The third kappa shape index (κ3) is 5.22. The lowest BCUT2D eigenvalue weighted by atomic mass is 10.1. The number of aliphatic hydroxyl groups is 1. The van der Waals surface area contributed by atoms with E-state index in [-0.39, 0.29) is 6.61 Å². The van der Waals surface area contributed by atoms with Crippen molar-refractivity contribution >= 4 is 5.69 Å². The molecule has 0 unspecified atom stereocenters. The number of rotatable bonds is 3. The van der Waals surface area contributed by atoms with Gasteiger partial charge in [0.2, 0.25) is 0 Å². The number of aliphatic hydroxyl groups excluding tert-OH is 1. The zero-order valence-electron chi connectivity index (χ0n) is 12.2. The summed E-state index contributed by atoms with van der Waals surface area (Å²) < 4.78 is 0. The Morgan fingerprint density at radius 3 is 2.29 bits per heavy atom. The maximum Gasteiger partial charge on any atom is 0.101 e. The molecule has 1 heterocycles. The molecule has 21 heavy (non-hydrogen) atoms. The van der Waals surface area contributed by atoms with Crippen molar-refractivity contribution < 1.29 is 10.3 Å². The highest BCUT2D eigenvalue weighted by Gasteiger charge is 1.99. The van der Waals surface area contributed by atoms with Crippen molar-refractivity contribution in [3.05, 3.63) is 58.9 Å². The fourth-order valence-electron chi connectivity index (χ4n) is 1.74. The highest BCUT2D eigenvalue weighted by Crippen LogP contribution is 2.08. The fourth-order valence-corrected chi connectivity index (χ4v) is 1.74. The molecule has 2 aromatic rings. The second kappa shape index (κ2) is 8.69. The smallest absolute Gasteiger partial charge is 0.101 e. The molecule has 0 aliphatic rings. The van der Waals surface area contributed by atoms with E-state index in [0.29, 0.717) is 17.7 Å². The van der Waals surface area contributed by atoms with Crippen molar-refractivity contribution in [2.75, 3.05) is 12.1 Å². The molecule has 3 N–H and O–H groups in total. The molecule has 5 nitrogen and oxygen atoms in total. The molecule has 0 radical (unpaired) electrons. The molecular weight excluding hydrogens is 266 g/mol. The van der Waals surface area contributed by atoms with Crippen LogP contribution in [0.4, 0.5) is 5.69 Å². The highest BCUT2D eigenvalue weighted by molar-refractivity contribution is 5.42. The van der Waals surface area contributed by atoms with Crippen molar-refractivity contribution in [3.8, 4) is 6.07 Å². The second-order valence-electron chi connectivity index (χ2n) is 4.48. The van der Waals surface area contributed by atoms with Gasteiger partial charge in [-0.05, 0) is 49.6 Å². The molecule has 1 aromatic carbocycles. The van der Waals surface area contributed by atoms with Crippen LogP contribution in [0.15, 0.2) is 36.5 Å². The van der Waals surface area contributed by atoms with Gasteiger partial charge in [-0.1, -0.05) is 12.1 Å². The summed E-state index contributed by atoms with van der Waals surface area (Å²) in [7, 11) is 0. The molecule has 110 valence electrons. The molecule has 0 atom stereocenters. The lowest BCUT2D eigenvalue weighted by Crippen LogP contribution is -1.92. The average molecular weight is 285 g/mol. The van der Waals surface area contributed by atoms with Crippen LogP contribution in [0.2, 0.25) is 0 Å². The fraction of sp³-hybridized carbons (Fsp3) is 0.250. The lowest BCUT2D eigenvalue weighted by Gasteiger charge is -2.00. The largest absolute Gasteiger partial charge is 0.396 e. The van der Waals surface area contributed by atoms with E-state index in [0.717, 1.165) is 16.8 Å². The van der Waals surface area contributed by atoms with Gasteiger partial charge < -0.3 is 5.11 Å². The molecule has 0 aliphatic heterocycles. The number of benzene rings is 1. The van der Waals surface area contributed by atoms with Gasteiger partial charge in [0.25, 0.3) is 0 Å². The molecule has 0 amide bonds. The molecule has 0 saturated heterocycles. The van der Waals surface area contributed by atoms with Gasteiger partial charge in [0.05, 0.1) is 16.9 Å². The van der Waals surface area contributed by atoms with Crippen LogP contribution in [0.3, 0.4) is 0 Å². The quantitative estimate of drug-likeness (QED) is 0.754. The van der Waals surface area contributed by atoms with Crippen LogP contribution in [0.5, 0.6) is 0 Å². The minimum Gasteiger partial charge on any atom is -0.396 e. The van der Waals surface area contributed by atoms with Gasteiger partial charge in [-0.15, -0.1) is 0 Å². The summed E-state index contributed by atoms with van der Waals surface area (Å²) in [5, 5.41) is 25.6. The number of nitrogens with one attached hydrogen (secondary N) is 1. The van der Waals surface area contributed by atoms with Gasteiger partial charge >= 0.3 is 0 Å². The zero-order valence-corrected chi connectivity index (χ0v) is 12.2. The molecular formula is C16H19N3O2. The number of nitriles is 1. The van der Waals surface area contributed by atoms with Crippen LogP contribution in [0.1, 0.15) is 22.4 Å². The van der Waals surface area contributed by atoms with Gasteiger partial charge in [0, 0.05) is 12.8 Å². The number of hydrogen-bond donors (Lipinski definition) is 3. The molecule has 1 aromatic heterocycles. The van der Waals surface area contributed by atoms with Gasteiger partial charge in [0.15, 0.2) is 0 Å². The Morgan fingerprint density at radius 1 is 1.19 bits per heavy atom. The molecule has 0 bridgehead atoms. The van der Waals surface area contributed by atoms with E-state index >= 15 is 0 Å². The Kier molecular flexibility index (Phi) is 6.88. The van der Waals surface area contributed by atoms with Crippen molar-refractivity contribution in [1.29, 1.82) is 5.26 Å². The first kappa shape index (κ1) is 16.6. The molecule has 2 rings (SSSR count). The van der Waals surface area contributed by atoms with Crippen LogP contribution >= 0.6 is 0 Å². The predicted molar refractivity (Wildman–Crippen MR) is 81.1 cm³/mol. The first-order valence-corrected chi connectivity index (χ1v) is 6.54. The van der Waals surface area contributed by atoms with Gasteiger partial charge in [-0.25, -0.2) is 0 Å². The Labute approximate surface area is 124 Å². The van der Waals surface area contributed by atoms with Crippen molar-refractivity contribution in [2.45, 2.75) is 20.3 Å². The Morgan fingerprint density at radius 2 is 1.86 bits per heavy atom. The van der Waals surface area contributed by atoms with Crippen LogP contribution in [0, 0.1) is 25.2 Å². The number of aryl methyl sites for hydroxylation is 2. The van der Waals surface area contributed by atoms with E-state index in [1.165, 1.54) is 0 Å². The normalized spacial score (nSPS) is 9.29. The van der Waals surface area contributed by atoms with Crippen molar-refractivity contribution in [3.63, 3.8) is 0 Å². The summed E-state index contributed by atoms with van der Waals surface area (Å²) in [6.45, 7) is 3.91. The minimum atomic E-state index is 0.159. The maximum atomic E-state index is 8.61. The Balaban J connectivity index is 0.000000211. The average Bonchev–Trinajstić information content (AvgIpc) is 2.49. The van der Waals surface area contributed by atoms with Crippen LogP contribution in [-0.4, -0.2) is 21.9 Å². The van der Waals surface area contributed by atoms with Crippen molar-refractivity contribution in [2.24, 2.45) is 0 Å². The van der Waals surface area contributed by atoms with E-state index in [9.17, 15) is 0 Å². The number of anilines is 1. The second-order valence-corrected chi connectivity index (χ2v) is 4.48. The summed E-state index contributed by atoms with van der Waals surface area (Å²) in [5.41, 5.74) is 6.25. The molecule has 5 heteroatoms. The Bertz CT molecular complexity index is 584. The summed E-state index contributed by atoms with van der Waals surface area (Å²) in [6.07, 6.45) is 2.37. The van der Waals surface area contributed by atoms with E-state index < -0.39 is 0 Å².